The maximum absolute atomic E-state index is 11.8. The molecule has 0 aliphatic rings. The Balaban J connectivity index is 2.47. The lowest BCUT2D eigenvalue weighted by Gasteiger charge is -2.08. The Bertz CT molecular complexity index is 417. The first-order chi connectivity index (χ1) is 7.90. The molecule has 17 heavy (non-hydrogen) atoms. The summed E-state index contributed by atoms with van der Waals surface area (Å²) < 4.78 is 40.3. The largest absolute Gasteiger partial charge is 0.411 e. The molecule has 3 nitrogen and oxygen atoms in total. The highest BCUT2D eigenvalue weighted by molar-refractivity contribution is 7.71. The first-order valence-corrected chi connectivity index (χ1v) is 5.55. The monoisotopic (exact) mass is 266 g/mol. The van der Waals surface area contributed by atoms with Gasteiger partial charge in [-0.25, -0.2) is 4.98 Å². The van der Waals surface area contributed by atoms with Gasteiger partial charge in [-0.3, -0.25) is 0 Å². The minimum absolute atomic E-state index is 0.0368. The van der Waals surface area contributed by atoms with E-state index in [1.54, 1.807) is 6.07 Å². The minimum Gasteiger partial charge on any atom is -0.372 e. The van der Waals surface area contributed by atoms with Crippen LogP contribution in [0.15, 0.2) is 6.07 Å². The lowest BCUT2D eigenvalue weighted by molar-refractivity contribution is -0.173. The number of nitrogens with zero attached hydrogens (tertiary/aromatic N) is 1. The summed E-state index contributed by atoms with van der Waals surface area (Å²) in [5.74, 6) is 0.552. The van der Waals surface area contributed by atoms with Crippen LogP contribution in [-0.2, 0) is 17.6 Å². The van der Waals surface area contributed by atoms with Gasteiger partial charge in [0.05, 0.1) is 6.61 Å². The van der Waals surface area contributed by atoms with Gasteiger partial charge in [0, 0.05) is 12.1 Å². The summed E-state index contributed by atoms with van der Waals surface area (Å²) in [7, 11) is 0. The van der Waals surface area contributed by atoms with Crippen LogP contribution < -0.4 is 0 Å². The summed E-state index contributed by atoms with van der Waals surface area (Å²) in [6.07, 6.45) is -3.23. The van der Waals surface area contributed by atoms with Gasteiger partial charge in [0.2, 0.25) is 0 Å². The van der Waals surface area contributed by atoms with Gasteiger partial charge in [0.15, 0.2) is 0 Å². The molecule has 1 rings (SSSR count). The van der Waals surface area contributed by atoms with Gasteiger partial charge in [-0.1, -0.05) is 19.1 Å². The SMILES string of the molecule is CCc1cc(=S)nc(CCOCC(F)(F)F)[nH]1. The smallest absolute Gasteiger partial charge is 0.372 e. The van der Waals surface area contributed by atoms with Gasteiger partial charge < -0.3 is 9.72 Å². The molecule has 7 heteroatoms. The summed E-state index contributed by atoms with van der Waals surface area (Å²) in [5, 5.41) is 0. The summed E-state index contributed by atoms with van der Waals surface area (Å²) in [5.41, 5.74) is 0.913. The predicted molar refractivity (Wildman–Crippen MR) is 59.4 cm³/mol. The molecule has 1 N–H and O–H groups in total. The standard InChI is InChI=1S/C10H13F3N2OS/c1-2-7-5-9(17)15-8(14-7)3-4-16-6-10(11,12)13/h5H,2-4,6H2,1H3,(H,14,15,17). The van der Waals surface area contributed by atoms with Crippen molar-refractivity contribution in [1.29, 1.82) is 0 Å². The maximum atomic E-state index is 11.8. The number of nitrogens with one attached hydrogen (secondary N) is 1. The molecule has 0 aliphatic heterocycles. The molecule has 0 unspecified atom stereocenters. The summed E-state index contributed by atoms with van der Waals surface area (Å²) >= 11 is 4.94. The quantitative estimate of drug-likeness (QED) is 0.658. The van der Waals surface area contributed by atoms with E-state index in [4.69, 9.17) is 12.2 Å². The van der Waals surface area contributed by atoms with Crippen LogP contribution in [0.2, 0.25) is 0 Å². The van der Waals surface area contributed by atoms with E-state index in [-0.39, 0.29) is 13.0 Å². The van der Waals surface area contributed by atoms with Crippen LogP contribution in [-0.4, -0.2) is 29.4 Å². The van der Waals surface area contributed by atoms with Crippen LogP contribution in [0.25, 0.3) is 0 Å². The van der Waals surface area contributed by atoms with E-state index in [1.165, 1.54) is 0 Å². The number of ether oxygens (including phenoxy) is 1. The molecule has 0 saturated heterocycles. The Morgan fingerprint density at radius 2 is 2.18 bits per heavy atom. The number of aromatic amines is 1. The zero-order valence-electron chi connectivity index (χ0n) is 9.30. The van der Waals surface area contributed by atoms with Crippen molar-refractivity contribution in [3.05, 3.63) is 22.2 Å². The molecule has 0 radical (unpaired) electrons. The van der Waals surface area contributed by atoms with Crippen LogP contribution in [0.1, 0.15) is 18.4 Å². The van der Waals surface area contributed by atoms with E-state index in [2.05, 4.69) is 14.7 Å². The average molecular weight is 266 g/mol. The van der Waals surface area contributed by atoms with Crippen molar-refractivity contribution in [3.63, 3.8) is 0 Å². The van der Waals surface area contributed by atoms with Gasteiger partial charge in [-0.05, 0) is 12.5 Å². The molecular weight excluding hydrogens is 253 g/mol. The number of hydrogen-bond donors (Lipinski definition) is 1. The van der Waals surface area contributed by atoms with Gasteiger partial charge in [-0.2, -0.15) is 13.2 Å². The maximum Gasteiger partial charge on any atom is 0.411 e. The highest BCUT2D eigenvalue weighted by Crippen LogP contribution is 2.14. The fraction of sp³-hybridized carbons (Fsp3) is 0.600. The summed E-state index contributed by atoms with van der Waals surface area (Å²) in [4.78, 5) is 7.01. The van der Waals surface area contributed by atoms with Crippen molar-refractivity contribution in [2.75, 3.05) is 13.2 Å². The molecule has 0 atom stereocenters. The second-order valence-electron chi connectivity index (χ2n) is 3.46. The number of aromatic nitrogens is 2. The first kappa shape index (κ1) is 14.1. The number of alkyl halides is 3. The third-order valence-corrected chi connectivity index (χ3v) is 2.19. The third kappa shape index (κ3) is 5.78. The fourth-order valence-electron chi connectivity index (χ4n) is 1.23. The van der Waals surface area contributed by atoms with Gasteiger partial charge in [0.1, 0.15) is 17.1 Å². The number of aryl methyl sites for hydroxylation is 1. The Kier molecular flexibility index (Phi) is 5.07. The van der Waals surface area contributed by atoms with Crippen molar-refractivity contribution in [2.45, 2.75) is 25.9 Å². The number of hydrogen-bond acceptors (Lipinski definition) is 3. The van der Waals surface area contributed by atoms with E-state index in [0.717, 1.165) is 12.1 Å². The average Bonchev–Trinajstić information content (AvgIpc) is 2.22. The summed E-state index contributed by atoms with van der Waals surface area (Å²) in [6, 6.07) is 1.73. The van der Waals surface area contributed by atoms with Crippen molar-refractivity contribution >= 4 is 12.2 Å². The van der Waals surface area contributed by atoms with E-state index in [9.17, 15) is 13.2 Å². The molecule has 0 aliphatic carbocycles. The van der Waals surface area contributed by atoms with Crippen LogP contribution >= 0.6 is 12.2 Å². The number of H-pyrrole nitrogens is 1. The molecule has 0 aromatic carbocycles. The number of rotatable bonds is 5. The van der Waals surface area contributed by atoms with Gasteiger partial charge in [-0.15, -0.1) is 0 Å². The molecule has 1 aromatic rings. The van der Waals surface area contributed by atoms with E-state index < -0.39 is 12.8 Å². The zero-order chi connectivity index (χ0) is 12.9. The van der Waals surface area contributed by atoms with Crippen molar-refractivity contribution in [3.8, 4) is 0 Å². The summed E-state index contributed by atoms with van der Waals surface area (Å²) in [6.45, 7) is 0.677. The van der Waals surface area contributed by atoms with Gasteiger partial charge >= 0.3 is 6.18 Å². The third-order valence-electron chi connectivity index (χ3n) is 1.98. The topological polar surface area (TPSA) is 37.9 Å². The van der Waals surface area contributed by atoms with Crippen LogP contribution in [0.4, 0.5) is 13.2 Å². The normalized spacial score (nSPS) is 11.8. The first-order valence-electron chi connectivity index (χ1n) is 5.14. The second kappa shape index (κ2) is 6.11. The van der Waals surface area contributed by atoms with Crippen molar-refractivity contribution in [2.24, 2.45) is 0 Å². The van der Waals surface area contributed by atoms with Crippen LogP contribution in [0.3, 0.4) is 0 Å². The Morgan fingerprint density at radius 1 is 1.47 bits per heavy atom. The molecular formula is C10H13F3N2OS. The molecule has 1 heterocycles. The molecule has 0 fully saturated rings. The molecule has 0 spiro atoms. The van der Waals surface area contributed by atoms with E-state index in [1.807, 2.05) is 6.92 Å². The fourth-order valence-corrected chi connectivity index (χ4v) is 1.48. The Labute approximate surface area is 102 Å². The van der Waals surface area contributed by atoms with Crippen molar-refractivity contribution < 1.29 is 17.9 Å². The number of halogens is 3. The van der Waals surface area contributed by atoms with Crippen LogP contribution in [0, 0.1) is 4.64 Å². The predicted octanol–water partition coefficient (Wildman–Crippen LogP) is 2.82. The molecule has 1 aromatic heterocycles. The van der Waals surface area contributed by atoms with E-state index in [0.29, 0.717) is 10.5 Å². The highest BCUT2D eigenvalue weighted by atomic mass is 32.1. The van der Waals surface area contributed by atoms with E-state index >= 15 is 0 Å². The van der Waals surface area contributed by atoms with Gasteiger partial charge in [0.25, 0.3) is 0 Å². The Hall–Kier alpha value is -0.950. The lowest BCUT2D eigenvalue weighted by atomic mass is 10.3. The zero-order valence-corrected chi connectivity index (χ0v) is 10.1. The molecule has 0 amide bonds. The lowest BCUT2D eigenvalue weighted by Crippen LogP contribution is -2.18. The second-order valence-corrected chi connectivity index (χ2v) is 3.88. The molecule has 96 valence electrons. The Morgan fingerprint density at radius 3 is 2.76 bits per heavy atom. The molecule has 0 bridgehead atoms. The molecule has 0 saturated carbocycles. The minimum atomic E-state index is -4.29. The highest BCUT2D eigenvalue weighted by Gasteiger charge is 2.27. The van der Waals surface area contributed by atoms with Crippen molar-refractivity contribution in [1.82, 2.24) is 9.97 Å². The van der Waals surface area contributed by atoms with Crippen LogP contribution in [0.5, 0.6) is 0 Å².